The highest BCUT2D eigenvalue weighted by molar-refractivity contribution is 9.10. The highest BCUT2D eigenvalue weighted by Crippen LogP contribution is 2.24. The monoisotopic (exact) mass is 345 g/mol. The van der Waals surface area contributed by atoms with Crippen LogP contribution < -0.4 is 4.74 Å². The molecule has 2 heterocycles. The predicted molar refractivity (Wildman–Crippen MR) is 86.4 cm³/mol. The Morgan fingerprint density at radius 1 is 1.29 bits per heavy atom. The van der Waals surface area contributed by atoms with E-state index in [0.29, 0.717) is 6.61 Å². The highest BCUT2D eigenvalue weighted by atomic mass is 79.9. The van der Waals surface area contributed by atoms with E-state index in [-0.39, 0.29) is 0 Å². The molecular formula is C16H16BrN3O. The average molecular weight is 346 g/mol. The molecule has 0 spiro atoms. The molecule has 0 radical (unpaired) electrons. The van der Waals surface area contributed by atoms with Crippen LogP contribution >= 0.6 is 15.9 Å². The zero-order valence-electron chi connectivity index (χ0n) is 12.0. The van der Waals surface area contributed by atoms with Crippen LogP contribution in [0.1, 0.15) is 18.3 Å². The predicted octanol–water partition coefficient (Wildman–Crippen LogP) is 4.10. The van der Waals surface area contributed by atoms with Crippen molar-refractivity contribution in [1.82, 2.24) is 14.8 Å². The molecule has 21 heavy (non-hydrogen) atoms. The van der Waals surface area contributed by atoms with E-state index in [1.165, 1.54) is 0 Å². The number of hydrogen-bond donors (Lipinski definition) is 0. The van der Waals surface area contributed by atoms with Gasteiger partial charge in [0.05, 0.1) is 27.6 Å². The SMILES string of the molecule is CCn1nc(C)c(Br)c1COc1cnc2ccccc2c1. The van der Waals surface area contributed by atoms with Gasteiger partial charge in [0.25, 0.3) is 0 Å². The van der Waals surface area contributed by atoms with E-state index in [2.05, 4.69) is 32.9 Å². The van der Waals surface area contributed by atoms with Crippen molar-refractivity contribution in [3.05, 3.63) is 52.4 Å². The number of fused-ring (bicyclic) bond motifs is 1. The van der Waals surface area contributed by atoms with Gasteiger partial charge in [0.2, 0.25) is 0 Å². The van der Waals surface area contributed by atoms with Crippen LogP contribution in [-0.2, 0) is 13.2 Å². The number of nitrogens with zero attached hydrogens (tertiary/aromatic N) is 3. The Hall–Kier alpha value is -1.88. The number of hydrogen-bond acceptors (Lipinski definition) is 3. The summed E-state index contributed by atoms with van der Waals surface area (Å²) in [5.74, 6) is 0.766. The Balaban J connectivity index is 1.83. The molecule has 0 N–H and O–H groups in total. The van der Waals surface area contributed by atoms with Crippen LogP contribution in [0.25, 0.3) is 10.9 Å². The summed E-state index contributed by atoms with van der Waals surface area (Å²) in [5.41, 5.74) is 3.00. The zero-order valence-corrected chi connectivity index (χ0v) is 13.6. The molecule has 0 aliphatic heterocycles. The van der Waals surface area contributed by atoms with Gasteiger partial charge in [-0.25, -0.2) is 0 Å². The number of para-hydroxylation sites is 1. The van der Waals surface area contributed by atoms with E-state index < -0.39 is 0 Å². The minimum Gasteiger partial charge on any atom is -0.486 e. The van der Waals surface area contributed by atoms with Crippen molar-refractivity contribution in [3.63, 3.8) is 0 Å². The van der Waals surface area contributed by atoms with E-state index in [4.69, 9.17) is 4.74 Å². The van der Waals surface area contributed by atoms with Gasteiger partial charge in [0.15, 0.2) is 0 Å². The van der Waals surface area contributed by atoms with Crippen molar-refractivity contribution in [3.8, 4) is 5.75 Å². The fourth-order valence-electron chi connectivity index (χ4n) is 2.29. The Bertz CT molecular complexity index is 782. The number of benzene rings is 1. The van der Waals surface area contributed by atoms with Crippen LogP contribution in [0.15, 0.2) is 41.0 Å². The van der Waals surface area contributed by atoms with Crippen LogP contribution in [0.4, 0.5) is 0 Å². The van der Waals surface area contributed by atoms with Gasteiger partial charge in [-0.05, 0) is 41.9 Å². The van der Waals surface area contributed by atoms with Crippen molar-refractivity contribution in [2.45, 2.75) is 27.0 Å². The van der Waals surface area contributed by atoms with Crippen molar-refractivity contribution in [2.75, 3.05) is 0 Å². The lowest BCUT2D eigenvalue weighted by atomic mass is 10.2. The second kappa shape index (κ2) is 5.85. The molecule has 0 bridgehead atoms. The summed E-state index contributed by atoms with van der Waals surface area (Å²) in [6.45, 7) is 5.34. The first-order chi connectivity index (χ1) is 10.2. The molecule has 5 heteroatoms. The number of aromatic nitrogens is 3. The maximum Gasteiger partial charge on any atom is 0.138 e. The number of rotatable bonds is 4. The number of aryl methyl sites for hydroxylation is 2. The molecule has 0 amide bonds. The van der Waals surface area contributed by atoms with Crippen molar-refractivity contribution in [1.29, 1.82) is 0 Å². The van der Waals surface area contributed by atoms with Crippen LogP contribution in [0, 0.1) is 6.92 Å². The molecule has 108 valence electrons. The van der Waals surface area contributed by atoms with Crippen LogP contribution in [0.3, 0.4) is 0 Å². The van der Waals surface area contributed by atoms with E-state index in [9.17, 15) is 0 Å². The van der Waals surface area contributed by atoms with Gasteiger partial charge < -0.3 is 4.74 Å². The Kier molecular flexibility index (Phi) is 3.92. The summed E-state index contributed by atoms with van der Waals surface area (Å²) in [7, 11) is 0. The Labute approximate surface area is 131 Å². The number of ether oxygens (including phenoxy) is 1. The van der Waals surface area contributed by atoms with Gasteiger partial charge in [-0.3, -0.25) is 9.67 Å². The molecule has 0 aliphatic rings. The first kappa shape index (κ1) is 14.1. The first-order valence-corrected chi connectivity index (χ1v) is 7.67. The average Bonchev–Trinajstić information content (AvgIpc) is 2.79. The van der Waals surface area contributed by atoms with Crippen molar-refractivity contribution >= 4 is 26.8 Å². The molecule has 3 rings (SSSR count). The third-order valence-electron chi connectivity index (χ3n) is 3.39. The molecule has 3 aromatic rings. The van der Waals surface area contributed by atoms with E-state index in [1.54, 1.807) is 6.20 Å². The minimum absolute atomic E-state index is 0.468. The van der Waals surface area contributed by atoms with Gasteiger partial charge in [-0.15, -0.1) is 0 Å². The van der Waals surface area contributed by atoms with Crippen LogP contribution in [-0.4, -0.2) is 14.8 Å². The lowest BCUT2D eigenvalue weighted by molar-refractivity contribution is 0.291. The number of pyridine rings is 1. The molecule has 0 atom stereocenters. The maximum absolute atomic E-state index is 5.88. The standard InChI is InChI=1S/C16H16BrN3O/c1-3-20-15(16(17)11(2)19-20)10-21-13-8-12-6-4-5-7-14(12)18-9-13/h4-9H,3,10H2,1-2H3. The number of halogens is 1. The quantitative estimate of drug-likeness (QED) is 0.714. The van der Waals surface area contributed by atoms with Crippen LogP contribution in [0.2, 0.25) is 0 Å². The Morgan fingerprint density at radius 3 is 2.90 bits per heavy atom. The van der Waals surface area contributed by atoms with Crippen LogP contribution in [0.5, 0.6) is 5.75 Å². The maximum atomic E-state index is 5.88. The molecule has 0 saturated carbocycles. The molecule has 0 aliphatic carbocycles. The minimum atomic E-state index is 0.468. The lowest BCUT2D eigenvalue weighted by Crippen LogP contribution is -2.06. The molecule has 0 unspecified atom stereocenters. The van der Waals surface area contributed by atoms with E-state index in [1.807, 2.05) is 41.9 Å². The largest absolute Gasteiger partial charge is 0.486 e. The third kappa shape index (κ3) is 2.78. The summed E-state index contributed by atoms with van der Waals surface area (Å²) < 4.78 is 8.85. The molecule has 4 nitrogen and oxygen atoms in total. The topological polar surface area (TPSA) is 39.9 Å². The van der Waals surface area contributed by atoms with E-state index >= 15 is 0 Å². The van der Waals surface area contributed by atoms with Crippen molar-refractivity contribution in [2.24, 2.45) is 0 Å². The summed E-state index contributed by atoms with van der Waals surface area (Å²) >= 11 is 3.58. The fraction of sp³-hybridized carbons (Fsp3) is 0.250. The van der Waals surface area contributed by atoms with E-state index in [0.717, 1.165) is 39.1 Å². The summed E-state index contributed by atoms with van der Waals surface area (Å²) in [6, 6.07) is 10.0. The zero-order chi connectivity index (χ0) is 14.8. The normalized spacial score (nSPS) is 11.0. The van der Waals surface area contributed by atoms with Gasteiger partial charge in [-0.2, -0.15) is 5.10 Å². The fourth-order valence-corrected chi connectivity index (χ4v) is 2.69. The molecule has 0 fully saturated rings. The first-order valence-electron chi connectivity index (χ1n) is 6.88. The van der Waals surface area contributed by atoms with Gasteiger partial charge in [0, 0.05) is 11.9 Å². The highest BCUT2D eigenvalue weighted by Gasteiger charge is 2.12. The van der Waals surface area contributed by atoms with Crippen molar-refractivity contribution < 1.29 is 4.74 Å². The molecule has 2 aromatic heterocycles. The summed E-state index contributed by atoms with van der Waals surface area (Å²) in [5, 5.41) is 5.54. The molecule has 0 saturated heterocycles. The Morgan fingerprint density at radius 2 is 2.10 bits per heavy atom. The summed E-state index contributed by atoms with van der Waals surface area (Å²) in [6.07, 6.45) is 1.76. The third-order valence-corrected chi connectivity index (χ3v) is 4.43. The second-order valence-corrected chi connectivity index (χ2v) is 5.61. The second-order valence-electron chi connectivity index (χ2n) is 4.81. The van der Waals surface area contributed by atoms with Gasteiger partial charge in [0.1, 0.15) is 12.4 Å². The smallest absolute Gasteiger partial charge is 0.138 e. The molecular weight excluding hydrogens is 330 g/mol. The molecule has 1 aromatic carbocycles. The lowest BCUT2D eigenvalue weighted by Gasteiger charge is -2.09. The van der Waals surface area contributed by atoms with Gasteiger partial charge >= 0.3 is 0 Å². The summed E-state index contributed by atoms with van der Waals surface area (Å²) in [4.78, 5) is 4.40. The van der Waals surface area contributed by atoms with Gasteiger partial charge in [-0.1, -0.05) is 18.2 Å².